The molecule has 4 nitrogen and oxygen atoms in total. The molecule has 3 rings (SSSR count). The molecule has 1 aliphatic carbocycles. The summed E-state index contributed by atoms with van der Waals surface area (Å²) in [6, 6.07) is 5.40. The zero-order valence-electron chi connectivity index (χ0n) is 10.3. The zero-order valence-corrected chi connectivity index (χ0v) is 11.1. The number of halogens is 2. The van der Waals surface area contributed by atoms with E-state index in [9.17, 15) is 4.39 Å². The van der Waals surface area contributed by atoms with Crippen LogP contribution >= 0.6 is 11.6 Å². The molecule has 6 heteroatoms. The molecule has 100 valence electrons. The Kier molecular flexibility index (Phi) is 3.48. The summed E-state index contributed by atoms with van der Waals surface area (Å²) in [7, 11) is 0. The standard InChI is InChI=1S/C13H14ClFN4/c14-13-9(2-1-3-11(13)15)7-19-8-17-12(18-19)6-16-10-4-5-10/h1-3,8,10,16H,4-7H2. The molecule has 0 atom stereocenters. The Morgan fingerprint density at radius 1 is 1.42 bits per heavy atom. The SMILES string of the molecule is Fc1cccc(Cn2cnc(CNC3CC3)n2)c1Cl. The van der Waals surface area contributed by atoms with Crippen molar-refractivity contribution in [3.05, 3.63) is 46.8 Å². The number of aromatic nitrogens is 3. The van der Waals surface area contributed by atoms with Crippen LogP contribution in [-0.2, 0) is 13.1 Å². The Morgan fingerprint density at radius 3 is 3.05 bits per heavy atom. The predicted octanol–water partition coefficient (Wildman–Crippen LogP) is 2.37. The van der Waals surface area contributed by atoms with Crippen molar-refractivity contribution in [2.24, 2.45) is 0 Å². The molecular weight excluding hydrogens is 267 g/mol. The van der Waals surface area contributed by atoms with Crippen LogP contribution < -0.4 is 5.32 Å². The van der Waals surface area contributed by atoms with Crippen molar-refractivity contribution in [3.8, 4) is 0 Å². The summed E-state index contributed by atoms with van der Waals surface area (Å²) in [5.41, 5.74) is 0.702. The van der Waals surface area contributed by atoms with Gasteiger partial charge in [-0.3, -0.25) is 0 Å². The zero-order chi connectivity index (χ0) is 13.2. The van der Waals surface area contributed by atoms with Crippen LogP contribution in [0.15, 0.2) is 24.5 Å². The van der Waals surface area contributed by atoms with Crippen LogP contribution in [0.3, 0.4) is 0 Å². The number of hydrogen-bond donors (Lipinski definition) is 1. The molecular formula is C13H14ClFN4. The number of rotatable bonds is 5. The molecule has 1 aromatic carbocycles. The van der Waals surface area contributed by atoms with Crippen molar-refractivity contribution < 1.29 is 4.39 Å². The minimum Gasteiger partial charge on any atom is -0.307 e. The average molecular weight is 281 g/mol. The van der Waals surface area contributed by atoms with E-state index in [0.717, 1.165) is 5.82 Å². The Labute approximate surface area is 115 Å². The molecule has 1 aliphatic rings. The molecule has 1 heterocycles. The monoisotopic (exact) mass is 280 g/mol. The number of nitrogens with one attached hydrogen (secondary N) is 1. The second-order valence-electron chi connectivity index (χ2n) is 4.73. The van der Waals surface area contributed by atoms with Crippen molar-refractivity contribution in [3.63, 3.8) is 0 Å². The summed E-state index contributed by atoms with van der Waals surface area (Å²) in [6.07, 6.45) is 4.12. The first kappa shape index (κ1) is 12.6. The minimum atomic E-state index is -0.407. The summed E-state index contributed by atoms with van der Waals surface area (Å²) in [4.78, 5) is 4.22. The van der Waals surface area contributed by atoms with Gasteiger partial charge in [-0.25, -0.2) is 14.1 Å². The number of hydrogen-bond acceptors (Lipinski definition) is 3. The third kappa shape index (κ3) is 3.11. The maximum Gasteiger partial charge on any atom is 0.164 e. The fraction of sp³-hybridized carbons (Fsp3) is 0.385. The van der Waals surface area contributed by atoms with Gasteiger partial charge in [0.05, 0.1) is 18.1 Å². The quantitative estimate of drug-likeness (QED) is 0.914. The highest BCUT2D eigenvalue weighted by Crippen LogP contribution is 2.20. The van der Waals surface area contributed by atoms with Gasteiger partial charge in [-0.1, -0.05) is 23.7 Å². The van der Waals surface area contributed by atoms with E-state index in [1.54, 1.807) is 23.1 Å². The summed E-state index contributed by atoms with van der Waals surface area (Å²) >= 11 is 5.91. The van der Waals surface area contributed by atoms with Crippen LogP contribution in [0.25, 0.3) is 0 Å². The number of benzene rings is 1. The van der Waals surface area contributed by atoms with E-state index in [1.807, 2.05) is 0 Å². The Bertz CT molecular complexity index is 580. The predicted molar refractivity (Wildman–Crippen MR) is 70.4 cm³/mol. The fourth-order valence-corrected chi connectivity index (χ4v) is 2.04. The van der Waals surface area contributed by atoms with Crippen LogP contribution in [0.1, 0.15) is 24.2 Å². The van der Waals surface area contributed by atoms with Crippen LogP contribution in [0.2, 0.25) is 5.02 Å². The first-order valence-corrected chi connectivity index (χ1v) is 6.65. The lowest BCUT2D eigenvalue weighted by Gasteiger charge is -2.04. The second kappa shape index (κ2) is 5.27. The highest BCUT2D eigenvalue weighted by Gasteiger charge is 2.20. The van der Waals surface area contributed by atoms with E-state index in [0.29, 0.717) is 24.7 Å². The van der Waals surface area contributed by atoms with Gasteiger partial charge in [0.15, 0.2) is 5.82 Å². The number of nitrogens with zero attached hydrogens (tertiary/aromatic N) is 3. The van der Waals surface area contributed by atoms with Gasteiger partial charge in [0.1, 0.15) is 12.1 Å². The van der Waals surface area contributed by atoms with Gasteiger partial charge in [-0.2, -0.15) is 5.10 Å². The first-order valence-electron chi connectivity index (χ1n) is 6.27. The Balaban J connectivity index is 1.67. The molecule has 0 bridgehead atoms. The molecule has 2 aromatic rings. The minimum absolute atomic E-state index is 0.149. The molecule has 0 unspecified atom stereocenters. The maximum absolute atomic E-state index is 13.3. The summed E-state index contributed by atoms with van der Waals surface area (Å²) < 4.78 is 15.0. The smallest absolute Gasteiger partial charge is 0.164 e. The highest BCUT2D eigenvalue weighted by molar-refractivity contribution is 6.31. The molecule has 1 aromatic heterocycles. The maximum atomic E-state index is 13.3. The van der Waals surface area contributed by atoms with Gasteiger partial charge < -0.3 is 5.32 Å². The summed E-state index contributed by atoms with van der Waals surface area (Å²) in [5.74, 6) is 0.342. The molecule has 1 saturated carbocycles. The van der Waals surface area contributed by atoms with Crippen molar-refractivity contribution in [1.29, 1.82) is 0 Å². The van der Waals surface area contributed by atoms with E-state index in [4.69, 9.17) is 11.6 Å². The molecule has 0 amide bonds. The Hall–Kier alpha value is -1.46. The third-order valence-electron chi connectivity index (χ3n) is 3.07. The summed E-state index contributed by atoms with van der Waals surface area (Å²) in [5, 5.41) is 7.83. The van der Waals surface area contributed by atoms with Crippen LogP contribution in [0.5, 0.6) is 0 Å². The van der Waals surface area contributed by atoms with E-state index in [2.05, 4.69) is 15.4 Å². The lowest BCUT2D eigenvalue weighted by molar-refractivity contribution is 0.612. The van der Waals surface area contributed by atoms with Gasteiger partial charge in [0, 0.05) is 6.04 Å². The normalized spacial score (nSPS) is 14.8. The molecule has 19 heavy (non-hydrogen) atoms. The topological polar surface area (TPSA) is 42.7 Å². The summed E-state index contributed by atoms with van der Waals surface area (Å²) in [6.45, 7) is 1.10. The van der Waals surface area contributed by atoms with Crippen molar-refractivity contribution in [1.82, 2.24) is 20.1 Å². The van der Waals surface area contributed by atoms with Crippen LogP contribution in [0.4, 0.5) is 4.39 Å². The highest BCUT2D eigenvalue weighted by atomic mass is 35.5. The van der Waals surface area contributed by atoms with Gasteiger partial charge in [-0.15, -0.1) is 0 Å². The Morgan fingerprint density at radius 2 is 2.26 bits per heavy atom. The van der Waals surface area contributed by atoms with Crippen LogP contribution in [0, 0.1) is 5.82 Å². The molecule has 1 N–H and O–H groups in total. The largest absolute Gasteiger partial charge is 0.307 e. The van der Waals surface area contributed by atoms with Crippen molar-refractivity contribution in [2.45, 2.75) is 32.0 Å². The van der Waals surface area contributed by atoms with Crippen molar-refractivity contribution in [2.75, 3.05) is 0 Å². The second-order valence-corrected chi connectivity index (χ2v) is 5.10. The molecule has 0 aliphatic heterocycles. The molecule has 0 saturated heterocycles. The fourth-order valence-electron chi connectivity index (χ4n) is 1.86. The van der Waals surface area contributed by atoms with Gasteiger partial charge in [0.25, 0.3) is 0 Å². The van der Waals surface area contributed by atoms with Crippen molar-refractivity contribution >= 4 is 11.6 Å². The molecule has 1 fully saturated rings. The van der Waals surface area contributed by atoms with Crippen LogP contribution in [-0.4, -0.2) is 20.8 Å². The molecule has 0 radical (unpaired) electrons. The van der Waals surface area contributed by atoms with E-state index in [1.165, 1.54) is 18.9 Å². The first-order chi connectivity index (χ1) is 9.22. The van der Waals surface area contributed by atoms with E-state index in [-0.39, 0.29) is 5.02 Å². The lowest BCUT2D eigenvalue weighted by atomic mass is 10.2. The van der Waals surface area contributed by atoms with Gasteiger partial charge >= 0.3 is 0 Å². The van der Waals surface area contributed by atoms with E-state index < -0.39 is 5.82 Å². The van der Waals surface area contributed by atoms with Gasteiger partial charge in [-0.05, 0) is 24.5 Å². The lowest BCUT2D eigenvalue weighted by Crippen LogP contribution is -2.16. The third-order valence-corrected chi connectivity index (χ3v) is 3.50. The molecule has 0 spiro atoms. The average Bonchev–Trinajstić information content (AvgIpc) is 3.13. The van der Waals surface area contributed by atoms with Gasteiger partial charge in [0.2, 0.25) is 0 Å². The van der Waals surface area contributed by atoms with E-state index >= 15 is 0 Å².